The number of para-hydroxylation sites is 1. The van der Waals surface area contributed by atoms with Crippen LogP contribution in [0.1, 0.15) is 6.92 Å². The average Bonchev–Trinajstić information content (AvgIpc) is 2.59. The van der Waals surface area contributed by atoms with E-state index in [1.807, 2.05) is 48.5 Å². The highest BCUT2D eigenvalue weighted by molar-refractivity contribution is 9.10. The lowest BCUT2D eigenvalue weighted by atomic mass is 10.3. The highest BCUT2D eigenvalue weighted by Crippen LogP contribution is 2.23. The molecule has 2 aromatic carbocycles. The predicted molar refractivity (Wildman–Crippen MR) is 98.6 cm³/mol. The SMILES string of the molecule is CCN(c1ccccc1)c1nccc(Nc2ccc(Br)cc2)n1. The van der Waals surface area contributed by atoms with Crippen molar-refractivity contribution in [2.24, 2.45) is 0 Å². The largest absolute Gasteiger partial charge is 0.340 e. The maximum absolute atomic E-state index is 4.63. The third-order valence-electron chi connectivity index (χ3n) is 3.39. The minimum Gasteiger partial charge on any atom is -0.340 e. The Morgan fingerprint density at radius 3 is 2.43 bits per heavy atom. The molecule has 3 aromatic rings. The Labute approximate surface area is 144 Å². The van der Waals surface area contributed by atoms with E-state index in [9.17, 15) is 0 Å². The van der Waals surface area contributed by atoms with Crippen molar-refractivity contribution in [3.63, 3.8) is 0 Å². The number of halogens is 1. The lowest BCUT2D eigenvalue weighted by Crippen LogP contribution is -2.18. The van der Waals surface area contributed by atoms with Crippen LogP contribution in [0, 0.1) is 0 Å². The summed E-state index contributed by atoms with van der Waals surface area (Å²) < 4.78 is 1.05. The molecule has 4 nitrogen and oxygen atoms in total. The van der Waals surface area contributed by atoms with Gasteiger partial charge in [0.25, 0.3) is 0 Å². The molecule has 0 radical (unpaired) electrons. The van der Waals surface area contributed by atoms with Gasteiger partial charge in [0.1, 0.15) is 5.82 Å². The Balaban J connectivity index is 1.85. The zero-order valence-electron chi connectivity index (χ0n) is 12.8. The third-order valence-corrected chi connectivity index (χ3v) is 3.91. The van der Waals surface area contributed by atoms with E-state index in [4.69, 9.17) is 0 Å². The minimum atomic E-state index is 0.681. The molecule has 5 heteroatoms. The third kappa shape index (κ3) is 3.87. The smallest absolute Gasteiger partial charge is 0.231 e. The van der Waals surface area contributed by atoms with Crippen LogP contribution >= 0.6 is 15.9 Å². The molecule has 116 valence electrons. The Bertz CT molecular complexity index is 759. The number of hydrogen-bond acceptors (Lipinski definition) is 4. The molecule has 0 aliphatic rings. The zero-order chi connectivity index (χ0) is 16.1. The quantitative estimate of drug-likeness (QED) is 0.676. The molecule has 0 saturated heterocycles. The van der Waals surface area contributed by atoms with Gasteiger partial charge in [0, 0.05) is 28.6 Å². The van der Waals surface area contributed by atoms with Gasteiger partial charge in [-0.25, -0.2) is 4.98 Å². The first-order chi connectivity index (χ1) is 11.3. The number of aromatic nitrogens is 2. The van der Waals surface area contributed by atoms with Crippen LogP contribution in [0.2, 0.25) is 0 Å². The molecular weight excluding hydrogens is 352 g/mol. The van der Waals surface area contributed by atoms with Gasteiger partial charge < -0.3 is 10.2 Å². The fourth-order valence-corrected chi connectivity index (χ4v) is 2.54. The van der Waals surface area contributed by atoms with Gasteiger partial charge in [-0.2, -0.15) is 4.98 Å². The van der Waals surface area contributed by atoms with Crippen molar-refractivity contribution in [1.29, 1.82) is 0 Å². The highest BCUT2D eigenvalue weighted by Gasteiger charge is 2.10. The first-order valence-corrected chi connectivity index (χ1v) is 8.24. The summed E-state index contributed by atoms with van der Waals surface area (Å²) in [5.74, 6) is 1.45. The molecule has 0 aliphatic carbocycles. The zero-order valence-corrected chi connectivity index (χ0v) is 14.4. The first-order valence-electron chi connectivity index (χ1n) is 7.44. The van der Waals surface area contributed by atoms with Crippen molar-refractivity contribution >= 4 is 39.1 Å². The van der Waals surface area contributed by atoms with Crippen LogP contribution < -0.4 is 10.2 Å². The first kappa shape index (κ1) is 15.5. The number of hydrogen-bond donors (Lipinski definition) is 1. The van der Waals surface area contributed by atoms with Crippen LogP contribution in [-0.2, 0) is 0 Å². The normalized spacial score (nSPS) is 10.3. The maximum Gasteiger partial charge on any atom is 0.231 e. The van der Waals surface area contributed by atoms with E-state index in [-0.39, 0.29) is 0 Å². The van der Waals surface area contributed by atoms with Gasteiger partial charge in [0.05, 0.1) is 0 Å². The fraction of sp³-hybridized carbons (Fsp3) is 0.111. The Hall–Kier alpha value is -2.40. The lowest BCUT2D eigenvalue weighted by molar-refractivity contribution is 0.948. The molecule has 0 unspecified atom stereocenters. The van der Waals surface area contributed by atoms with Crippen LogP contribution in [0.4, 0.5) is 23.1 Å². The van der Waals surface area contributed by atoms with Crippen molar-refractivity contribution in [1.82, 2.24) is 9.97 Å². The molecule has 3 rings (SSSR count). The van der Waals surface area contributed by atoms with Gasteiger partial charge in [-0.3, -0.25) is 0 Å². The van der Waals surface area contributed by atoms with Gasteiger partial charge in [0.15, 0.2) is 0 Å². The van der Waals surface area contributed by atoms with E-state index in [2.05, 4.69) is 55.2 Å². The number of benzene rings is 2. The Kier molecular flexibility index (Phi) is 4.88. The molecule has 0 saturated carbocycles. The van der Waals surface area contributed by atoms with Crippen molar-refractivity contribution < 1.29 is 0 Å². The summed E-state index contributed by atoms with van der Waals surface area (Å²) in [5.41, 5.74) is 2.07. The second-order valence-electron chi connectivity index (χ2n) is 4.95. The minimum absolute atomic E-state index is 0.681. The summed E-state index contributed by atoms with van der Waals surface area (Å²) in [7, 11) is 0. The van der Waals surface area contributed by atoms with Crippen molar-refractivity contribution in [3.8, 4) is 0 Å². The van der Waals surface area contributed by atoms with Crippen molar-refractivity contribution in [2.45, 2.75) is 6.92 Å². The van der Waals surface area contributed by atoms with E-state index >= 15 is 0 Å². The molecule has 0 fully saturated rings. The fourth-order valence-electron chi connectivity index (χ4n) is 2.28. The van der Waals surface area contributed by atoms with Crippen LogP contribution in [0.5, 0.6) is 0 Å². The molecule has 23 heavy (non-hydrogen) atoms. The molecule has 0 spiro atoms. The maximum atomic E-state index is 4.63. The van der Waals surface area contributed by atoms with E-state index in [1.165, 1.54) is 0 Å². The van der Waals surface area contributed by atoms with Crippen LogP contribution in [0.3, 0.4) is 0 Å². The molecule has 0 bridgehead atoms. The van der Waals surface area contributed by atoms with E-state index in [0.717, 1.165) is 28.2 Å². The van der Waals surface area contributed by atoms with Gasteiger partial charge in [-0.15, -0.1) is 0 Å². The van der Waals surface area contributed by atoms with E-state index in [1.54, 1.807) is 6.20 Å². The second-order valence-corrected chi connectivity index (χ2v) is 5.87. The monoisotopic (exact) mass is 368 g/mol. The van der Waals surface area contributed by atoms with Crippen molar-refractivity contribution in [3.05, 3.63) is 71.3 Å². The molecule has 1 aromatic heterocycles. The standard InChI is InChI=1S/C18H17BrN4/c1-2-23(16-6-4-3-5-7-16)18-20-13-12-17(22-18)21-15-10-8-14(19)9-11-15/h3-13H,2H2,1H3,(H,20,21,22). The van der Waals surface area contributed by atoms with Crippen LogP contribution in [0.15, 0.2) is 71.3 Å². The van der Waals surface area contributed by atoms with E-state index < -0.39 is 0 Å². The number of nitrogens with one attached hydrogen (secondary N) is 1. The second kappa shape index (κ2) is 7.24. The highest BCUT2D eigenvalue weighted by atomic mass is 79.9. The van der Waals surface area contributed by atoms with Gasteiger partial charge in [0.2, 0.25) is 5.95 Å². The van der Waals surface area contributed by atoms with Gasteiger partial charge >= 0.3 is 0 Å². The molecular formula is C18H17BrN4. The molecule has 0 atom stereocenters. The molecule has 0 amide bonds. The molecule has 0 aliphatic heterocycles. The number of nitrogens with zero attached hydrogens (tertiary/aromatic N) is 3. The lowest BCUT2D eigenvalue weighted by Gasteiger charge is -2.21. The number of rotatable bonds is 5. The summed E-state index contributed by atoms with van der Waals surface area (Å²) >= 11 is 3.44. The van der Waals surface area contributed by atoms with Crippen LogP contribution in [0.25, 0.3) is 0 Å². The Morgan fingerprint density at radius 1 is 1.00 bits per heavy atom. The number of anilines is 4. The topological polar surface area (TPSA) is 41.1 Å². The van der Waals surface area contributed by atoms with Gasteiger partial charge in [-0.1, -0.05) is 34.1 Å². The molecule has 1 N–H and O–H groups in total. The predicted octanol–water partition coefficient (Wildman–Crippen LogP) is 5.14. The summed E-state index contributed by atoms with van der Waals surface area (Å²) in [4.78, 5) is 11.1. The van der Waals surface area contributed by atoms with Crippen molar-refractivity contribution in [2.75, 3.05) is 16.8 Å². The summed E-state index contributed by atoms with van der Waals surface area (Å²) in [6.45, 7) is 2.89. The Morgan fingerprint density at radius 2 is 1.74 bits per heavy atom. The summed E-state index contributed by atoms with van der Waals surface area (Å²) in [6, 6.07) is 20.0. The molecule has 1 heterocycles. The van der Waals surface area contributed by atoms with Gasteiger partial charge in [-0.05, 0) is 49.4 Å². The summed E-state index contributed by atoms with van der Waals surface area (Å²) in [5, 5.41) is 3.30. The van der Waals surface area contributed by atoms with E-state index in [0.29, 0.717) is 5.95 Å². The average molecular weight is 369 g/mol. The van der Waals surface area contributed by atoms with Crippen LogP contribution in [-0.4, -0.2) is 16.5 Å². The summed E-state index contributed by atoms with van der Waals surface area (Å²) in [6.07, 6.45) is 1.77.